The zero-order valence-corrected chi connectivity index (χ0v) is 15.7. The van der Waals surface area contributed by atoms with Crippen molar-refractivity contribution in [2.24, 2.45) is 0 Å². The Morgan fingerprint density at radius 2 is 1.82 bits per heavy atom. The van der Waals surface area contributed by atoms with Crippen molar-refractivity contribution in [1.29, 1.82) is 0 Å². The highest BCUT2D eigenvalue weighted by molar-refractivity contribution is 6.05. The number of furan rings is 1. The Balaban J connectivity index is 1.43. The van der Waals surface area contributed by atoms with Crippen LogP contribution in [0, 0.1) is 5.82 Å². The first kappa shape index (κ1) is 17.0. The third kappa shape index (κ3) is 3.16. The molecular weight excluding hydrogens is 355 g/mol. The molecule has 0 unspecified atom stereocenters. The Kier molecular flexibility index (Phi) is 4.13. The van der Waals surface area contributed by atoms with Crippen LogP contribution in [-0.2, 0) is 0 Å². The zero-order valence-electron chi connectivity index (χ0n) is 15.7. The Morgan fingerprint density at radius 3 is 2.68 bits per heavy atom. The molecule has 2 aromatic carbocycles. The highest BCUT2D eigenvalue weighted by Gasteiger charge is 2.15. The number of nitrogens with zero attached hydrogens (tertiary/aromatic N) is 3. The summed E-state index contributed by atoms with van der Waals surface area (Å²) in [5.41, 5.74) is 3.38. The van der Waals surface area contributed by atoms with E-state index in [1.165, 1.54) is 17.8 Å². The molecule has 0 atom stereocenters. The molecule has 0 bridgehead atoms. The van der Waals surface area contributed by atoms with Gasteiger partial charge in [-0.25, -0.2) is 9.37 Å². The van der Waals surface area contributed by atoms with Crippen LogP contribution in [0.2, 0.25) is 0 Å². The summed E-state index contributed by atoms with van der Waals surface area (Å²) in [6.07, 6.45) is 1.68. The van der Waals surface area contributed by atoms with Gasteiger partial charge in [0.1, 0.15) is 17.2 Å². The van der Waals surface area contributed by atoms with Crippen LogP contribution in [0.25, 0.3) is 21.9 Å². The monoisotopic (exact) mass is 376 g/mol. The van der Waals surface area contributed by atoms with Gasteiger partial charge in [-0.1, -0.05) is 6.07 Å². The molecule has 28 heavy (non-hydrogen) atoms. The Labute approximate surface area is 162 Å². The summed E-state index contributed by atoms with van der Waals surface area (Å²) in [5, 5.41) is 5.19. The minimum absolute atomic E-state index is 0.307. The van der Waals surface area contributed by atoms with E-state index in [0.29, 0.717) is 11.2 Å². The highest BCUT2D eigenvalue weighted by atomic mass is 19.1. The highest BCUT2D eigenvalue weighted by Crippen LogP contribution is 2.31. The second-order valence-electron chi connectivity index (χ2n) is 7.27. The molecule has 142 valence electrons. The Hall–Kier alpha value is -3.12. The zero-order chi connectivity index (χ0) is 19.1. The van der Waals surface area contributed by atoms with Gasteiger partial charge in [0.25, 0.3) is 0 Å². The molecule has 1 saturated heterocycles. The lowest BCUT2D eigenvalue weighted by Crippen LogP contribution is -2.44. The quantitative estimate of drug-likeness (QED) is 0.565. The lowest BCUT2D eigenvalue weighted by molar-refractivity contribution is 0.313. The van der Waals surface area contributed by atoms with Gasteiger partial charge in [0.15, 0.2) is 5.58 Å². The number of aromatic nitrogens is 1. The third-order valence-electron chi connectivity index (χ3n) is 5.31. The predicted molar refractivity (Wildman–Crippen MR) is 111 cm³/mol. The fourth-order valence-electron chi connectivity index (χ4n) is 3.72. The SMILES string of the molecule is CN1CCN(c2cccc(Nc3cc4c(cn3)oc3cc(F)ccc34)c2)CC1. The average molecular weight is 376 g/mol. The largest absolute Gasteiger partial charge is 0.454 e. The van der Waals surface area contributed by atoms with Crippen LogP contribution in [0.1, 0.15) is 0 Å². The third-order valence-corrected chi connectivity index (χ3v) is 5.31. The minimum Gasteiger partial charge on any atom is -0.454 e. The van der Waals surface area contributed by atoms with Crippen LogP contribution >= 0.6 is 0 Å². The van der Waals surface area contributed by atoms with Gasteiger partial charge in [0, 0.05) is 54.4 Å². The summed E-state index contributed by atoms with van der Waals surface area (Å²) in [7, 11) is 2.16. The summed E-state index contributed by atoms with van der Waals surface area (Å²) in [6.45, 7) is 4.21. The Bertz CT molecular complexity index is 1150. The number of benzene rings is 2. The van der Waals surface area contributed by atoms with Crippen LogP contribution in [0.15, 0.2) is 59.1 Å². The van der Waals surface area contributed by atoms with Crippen molar-refractivity contribution in [3.63, 3.8) is 0 Å². The van der Waals surface area contributed by atoms with Crippen molar-refractivity contribution in [2.75, 3.05) is 43.4 Å². The topological polar surface area (TPSA) is 44.5 Å². The average Bonchev–Trinajstić information content (AvgIpc) is 3.05. The lowest BCUT2D eigenvalue weighted by atomic mass is 10.2. The number of anilines is 3. The number of hydrogen-bond acceptors (Lipinski definition) is 5. The number of hydrogen-bond donors (Lipinski definition) is 1. The second kappa shape index (κ2) is 6.80. The summed E-state index contributed by atoms with van der Waals surface area (Å²) in [6, 6.07) is 14.9. The van der Waals surface area contributed by atoms with E-state index in [2.05, 4.69) is 45.3 Å². The molecule has 0 radical (unpaired) electrons. The number of pyridine rings is 1. The maximum absolute atomic E-state index is 13.5. The maximum Gasteiger partial charge on any atom is 0.153 e. The van der Waals surface area contributed by atoms with Gasteiger partial charge in [0.05, 0.1) is 6.20 Å². The molecule has 5 rings (SSSR count). The summed E-state index contributed by atoms with van der Waals surface area (Å²) < 4.78 is 19.2. The second-order valence-corrected chi connectivity index (χ2v) is 7.27. The molecule has 0 spiro atoms. The number of likely N-dealkylation sites (N-methyl/N-ethyl adjacent to an activating group) is 1. The smallest absolute Gasteiger partial charge is 0.153 e. The molecule has 0 saturated carbocycles. The van der Waals surface area contributed by atoms with Gasteiger partial charge in [-0.2, -0.15) is 0 Å². The number of fused-ring (bicyclic) bond motifs is 3. The van der Waals surface area contributed by atoms with E-state index in [0.717, 1.165) is 48.5 Å². The van der Waals surface area contributed by atoms with Crippen molar-refractivity contribution in [1.82, 2.24) is 9.88 Å². The molecule has 5 nitrogen and oxygen atoms in total. The van der Waals surface area contributed by atoms with Crippen molar-refractivity contribution in [3.8, 4) is 0 Å². The van der Waals surface area contributed by atoms with E-state index >= 15 is 0 Å². The predicted octanol–water partition coefficient (Wildman–Crippen LogP) is 4.62. The van der Waals surface area contributed by atoms with Crippen LogP contribution in [-0.4, -0.2) is 43.1 Å². The van der Waals surface area contributed by atoms with Crippen molar-refractivity contribution < 1.29 is 8.81 Å². The molecule has 4 aromatic rings. The van der Waals surface area contributed by atoms with Crippen LogP contribution in [0.5, 0.6) is 0 Å². The van der Waals surface area contributed by atoms with Crippen molar-refractivity contribution >= 4 is 39.1 Å². The number of piperazine rings is 1. The Morgan fingerprint density at radius 1 is 0.964 bits per heavy atom. The first-order chi connectivity index (χ1) is 13.7. The van der Waals surface area contributed by atoms with Crippen molar-refractivity contribution in [2.45, 2.75) is 0 Å². The van der Waals surface area contributed by atoms with E-state index in [1.807, 2.05) is 12.1 Å². The maximum atomic E-state index is 13.5. The van der Waals surface area contributed by atoms with Gasteiger partial charge in [-0.3, -0.25) is 0 Å². The van der Waals surface area contributed by atoms with Crippen LogP contribution in [0.3, 0.4) is 0 Å². The fraction of sp³-hybridized carbons (Fsp3) is 0.227. The van der Waals surface area contributed by atoms with Crippen LogP contribution < -0.4 is 10.2 Å². The van der Waals surface area contributed by atoms with E-state index in [-0.39, 0.29) is 5.82 Å². The molecular formula is C22H21FN4O. The lowest BCUT2D eigenvalue weighted by Gasteiger charge is -2.34. The summed E-state index contributed by atoms with van der Waals surface area (Å²) >= 11 is 0. The normalized spacial score (nSPS) is 15.4. The van der Waals surface area contributed by atoms with Gasteiger partial charge in [-0.15, -0.1) is 0 Å². The first-order valence-corrected chi connectivity index (χ1v) is 9.44. The number of nitrogens with one attached hydrogen (secondary N) is 1. The molecule has 0 aliphatic carbocycles. The minimum atomic E-state index is -0.307. The van der Waals surface area contributed by atoms with Crippen LogP contribution in [0.4, 0.5) is 21.6 Å². The first-order valence-electron chi connectivity index (χ1n) is 9.44. The van der Waals surface area contributed by atoms with Gasteiger partial charge >= 0.3 is 0 Å². The molecule has 1 aliphatic rings. The van der Waals surface area contributed by atoms with Gasteiger partial charge < -0.3 is 19.5 Å². The molecule has 3 heterocycles. The van der Waals surface area contributed by atoms with E-state index < -0.39 is 0 Å². The molecule has 0 amide bonds. The fourth-order valence-corrected chi connectivity index (χ4v) is 3.72. The molecule has 1 N–H and O–H groups in total. The number of halogens is 1. The molecule has 1 aliphatic heterocycles. The van der Waals surface area contributed by atoms with E-state index in [4.69, 9.17) is 4.42 Å². The molecule has 2 aromatic heterocycles. The summed E-state index contributed by atoms with van der Waals surface area (Å²) in [5.74, 6) is 0.425. The van der Waals surface area contributed by atoms with Gasteiger partial charge in [0.2, 0.25) is 0 Å². The number of rotatable bonds is 3. The summed E-state index contributed by atoms with van der Waals surface area (Å²) in [4.78, 5) is 9.20. The van der Waals surface area contributed by atoms with E-state index in [9.17, 15) is 4.39 Å². The van der Waals surface area contributed by atoms with Gasteiger partial charge in [-0.05, 0) is 43.4 Å². The standard InChI is InChI=1S/C22H21FN4O/c1-26-7-9-27(10-8-26)17-4-2-3-16(12-17)25-22-13-19-18-6-5-15(23)11-20(18)28-21(19)14-24-22/h2-6,11-14H,7-10H2,1H3,(H,24,25). The van der Waals surface area contributed by atoms with E-state index in [1.54, 1.807) is 12.3 Å². The molecule has 6 heteroatoms. The molecule has 1 fully saturated rings. The van der Waals surface area contributed by atoms with Crippen molar-refractivity contribution in [3.05, 3.63) is 60.5 Å².